The minimum absolute atomic E-state index is 0.0161. The predicted molar refractivity (Wildman–Crippen MR) is 110 cm³/mol. The van der Waals surface area contributed by atoms with E-state index in [0.29, 0.717) is 5.13 Å². The van der Waals surface area contributed by atoms with Crippen LogP contribution < -0.4 is 5.32 Å². The van der Waals surface area contributed by atoms with Crippen LogP contribution in [0.4, 0.5) is 5.13 Å². The van der Waals surface area contributed by atoms with E-state index in [4.69, 9.17) is 0 Å². The van der Waals surface area contributed by atoms with Crippen LogP contribution in [0.3, 0.4) is 0 Å². The van der Waals surface area contributed by atoms with Gasteiger partial charge in [-0.25, -0.2) is 4.98 Å². The standard InChI is InChI=1S/C21H22N2OS2/c1-2-14-7-9-15(10-8-14)11-16-12-22-21(26-16)23-20(24)18-13-25-19-6-4-3-5-17(18)19/h7-10,12-13H,2-6,11H2,1H3,(H,22,23,24). The quantitative estimate of drug-likeness (QED) is 0.634. The zero-order chi connectivity index (χ0) is 17.9. The van der Waals surface area contributed by atoms with Crippen molar-refractivity contribution in [3.63, 3.8) is 0 Å². The topological polar surface area (TPSA) is 42.0 Å². The molecule has 0 aliphatic heterocycles. The van der Waals surface area contributed by atoms with E-state index in [9.17, 15) is 4.79 Å². The molecule has 0 saturated heterocycles. The van der Waals surface area contributed by atoms with Gasteiger partial charge in [0.2, 0.25) is 0 Å². The summed E-state index contributed by atoms with van der Waals surface area (Å²) in [5.41, 5.74) is 4.73. The summed E-state index contributed by atoms with van der Waals surface area (Å²) in [5.74, 6) is -0.0161. The van der Waals surface area contributed by atoms with Crippen LogP contribution in [0, 0.1) is 0 Å². The summed E-state index contributed by atoms with van der Waals surface area (Å²) in [6.07, 6.45) is 8.35. The fraction of sp³-hybridized carbons (Fsp3) is 0.333. The van der Waals surface area contributed by atoms with Crippen LogP contribution >= 0.6 is 22.7 Å². The number of rotatable bonds is 5. The second-order valence-corrected chi connectivity index (χ2v) is 8.77. The number of fused-ring (bicyclic) bond motifs is 1. The van der Waals surface area contributed by atoms with Crippen molar-refractivity contribution in [3.8, 4) is 0 Å². The first-order chi connectivity index (χ1) is 12.7. The van der Waals surface area contributed by atoms with E-state index in [0.717, 1.165) is 36.1 Å². The Balaban J connectivity index is 1.43. The van der Waals surface area contributed by atoms with Crippen molar-refractivity contribution in [2.75, 3.05) is 5.32 Å². The van der Waals surface area contributed by atoms with Crippen molar-refractivity contribution in [2.45, 2.75) is 45.4 Å². The van der Waals surface area contributed by atoms with E-state index in [1.54, 1.807) is 22.7 Å². The molecule has 1 aliphatic rings. The van der Waals surface area contributed by atoms with Crippen molar-refractivity contribution < 1.29 is 4.79 Å². The molecule has 2 aromatic heterocycles. The summed E-state index contributed by atoms with van der Waals surface area (Å²) in [6, 6.07) is 8.71. The second kappa shape index (κ2) is 7.72. The largest absolute Gasteiger partial charge is 0.298 e. The van der Waals surface area contributed by atoms with E-state index in [-0.39, 0.29) is 5.91 Å². The number of carbonyl (C=O) groups is 1. The van der Waals surface area contributed by atoms with E-state index >= 15 is 0 Å². The van der Waals surface area contributed by atoms with Crippen LogP contribution in [-0.2, 0) is 25.7 Å². The first-order valence-corrected chi connectivity index (χ1v) is 10.9. The number of anilines is 1. The second-order valence-electron chi connectivity index (χ2n) is 6.69. The molecular formula is C21H22N2OS2. The minimum atomic E-state index is -0.0161. The Kier molecular flexibility index (Phi) is 5.18. The summed E-state index contributed by atoms with van der Waals surface area (Å²) >= 11 is 3.28. The molecule has 0 unspecified atom stereocenters. The highest BCUT2D eigenvalue weighted by atomic mass is 32.1. The Morgan fingerprint density at radius 2 is 1.92 bits per heavy atom. The molecule has 1 aromatic carbocycles. The molecule has 0 atom stereocenters. The third-order valence-corrected chi connectivity index (χ3v) is 6.89. The van der Waals surface area contributed by atoms with Crippen molar-refractivity contribution in [2.24, 2.45) is 0 Å². The molecule has 0 fully saturated rings. The number of hydrogen-bond donors (Lipinski definition) is 1. The molecule has 0 spiro atoms. The van der Waals surface area contributed by atoms with Crippen molar-refractivity contribution in [3.05, 3.63) is 67.9 Å². The molecule has 0 bridgehead atoms. The number of amides is 1. The number of aromatic nitrogens is 1. The summed E-state index contributed by atoms with van der Waals surface area (Å²) in [6.45, 7) is 2.16. The van der Waals surface area contributed by atoms with Gasteiger partial charge in [-0.1, -0.05) is 31.2 Å². The van der Waals surface area contributed by atoms with E-state index in [1.807, 2.05) is 11.6 Å². The maximum absolute atomic E-state index is 12.6. The van der Waals surface area contributed by atoms with Gasteiger partial charge in [0, 0.05) is 27.8 Å². The zero-order valence-electron chi connectivity index (χ0n) is 14.9. The van der Waals surface area contributed by atoms with E-state index in [2.05, 4.69) is 41.5 Å². The summed E-state index contributed by atoms with van der Waals surface area (Å²) in [4.78, 5) is 19.6. The number of benzene rings is 1. The highest BCUT2D eigenvalue weighted by molar-refractivity contribution is 7.15. The average molecular weight is 383 g/mol. The van der Waals surface area contributed by atoms with Crippen LogP contribution in [0.15, 0.2) is 35.8 Å². The maximum Gasteiger partial charge on any atom is 0.258 e. The summed E-state index contributed by atoms with van der Waals surface area (Å²) < 4.78 is 0. The van der Waals surface area contributed by atoms with Crippen LogP contribution in [0.1, 0.15) is 56.6 Å². The molecule has 3 aromatic rings. The lowest BCUT2D eigenvalue weighted by Gasteiger charge is -2.12. The molecule has 2 heterocycles. The Labute approximate surface area is 162 Å². The summed E-state index contributed by atoms with van der Waals surface area (Å²) in [7, 11) is 0. The molecule has 1 amide bonds. The van der Waals surface area contributed by atoms with Gasteiger partial charge in [0.25, 0.3) is 5.91 Å². The number of thiazole rings is 1. The monoisotopic (exact) mass is 382 g/mol. The minimum Gasteiger partial charge on any atom is -0.298 e. The van der Waals surface area contributed by atoms with Gasteiger partial charge in [-0.05, 0) is 48.8 Å². The first kappa shape index (κ1) is 17.4. The van der Waals surface area contributed by atoms with E-state index in [1.165, 1.54) is 34.4 Å². The molecule has 134 valence electrons. The molecule has 26 heavy (non-hydrogen) atoms. The third-order valence-electron chi connectivity index (χ3n) is 4.89. The van der Waals surface area contributed by atoms with Gasteiger partial charge < -0.3 is 0 Å². The normalized spacial score (nSPS) is 13.4. The number of hydrogen-bond acceptors (Lipinski definition) is 4. The van der Waals surface area contributed by atoms with E-state index < -0.39 is 0 Å². The van der Waals surface area contributed by atoms with Gasteiger partial charge in [0.1, 0.15) is 0 Å². The van der Waals surface area contributed by atoms with Gasteiger partial charge in [0.15, 0.2) is 5.13 Å². The first-order valence-electron chi connectivity index (χ1n) is 9.16. The van der Waals surface area contributed by atoms with Gasteiger partial charge in [-0.2, -0.15) is 0 Å². The van der Waals surface area contributed by atoms with Gasteiger partial charge >= 0.3 is 0 Å². The Hall–Kier alpha value is -1.98. The number of carbonyl (C=O) groups excluding carboxylic acids is 1. The average Bonchev–Trinajstić information content (AvgIpc) is 3.29. The van der Waals surface area contributed by atoms with Crippen LogP contribution in [-0.4, -0.2) is 10.9 Å². The third kappa shape index (κ3) is 3.74. The number of aryl methyl sites for hydroxylation is 2. The Bertz CT molecular complexity index is 908. The van der Waals surface area contributed by atoms with Crippen molar-refractivity contribution in [1.29, 1.82) is 0 Å². The lowest BCUT2D eigenvalue weighted by Crippen LogP contribution is -2.14. The lowest BCUT2D eigenvalue weighted by molar-refractivity contribution is 0.102. The lowest BCUT2D eigenvalue weighted by atomic mass is 9.96. The predicted octanol–water partition coefficient (Wildman–Crippen LogP) is 5.49. The smallest absolute Gasteiger partial charge is 0.258 e. The zero-order valence-corrected chi connectivity index (χ0v) is 16.5. The number of nitrogens with one attached hydrogen (secondary N) is 1. The molecule has 4 rings (SSSR count). The molecule has 1 N–H and O–H groups in total. The van der Waals surface area contributed by atoms with Gasteiger partial charge in [-0.3, -0.25) is 10.1 Å². The van der Waals surface area contributed by atoms with Crippen molar-refractivity contribution in [1.82, 2.24) is 4.98 Å². The fourth-order valence-electron chi connectivity index (χ4n) is 3.39. The van der Waals surface area contributed by atoms with Crippen molar-refractivity contribution >= 4 is 33.7 Å². The van der Waals surface area contributed by atoms with Gasteiger partial charge in [0.05, 0.1) is 5.56 Å². The highest BCUT2D eigenvalue weighted by Crippen LogP contribution is 2.31. The Morgan fingerprint density at radius 1 is 1.15 bits per heavy atom. The molecule has 5 heteroatoms. The number of thiophene rings is 1. The molecule has 3 nitrogen and oxygen atoms in total. The fourth-order valence-corrected chi connectivity index (χ4v) is 5.36. The number of nitrogens with zero attached hydrogens (tertiary/aromatic N) is 1. The molecular weight excluding hydrogens is 360 g/mol. The maximum atomic E-state index is 12.6. The SMILES string of the molecule is CCc1ccc(Cc2cnc(NC(=O)c3csc4c3CCCC4)s2)cc1. The molecule has 0 saturated carbocycles. The summed E-state index contributed by atoms with van der Waals surface area (Å²) in [5, 5.41) is 5.69. The van der Waals surface area contributed by atoms with Crippen LogP contribution in [0.25, 0.3) is 0 Å². The van der Waals surface area contributed by atoms with Crippen LogP contribution in [0.5, 0.6) is 0 Å². The van der Waals surface area contributed by atoms with Crippen LogP contribution in [0.2, 0.25) is 0 Å². The molecule has 0 radical (unpaired) electrons. The van der Waals surface area contributed by atoms with Gasteiger partial charge in [-0.15, -0.1) is 22.7 Å². The Morgan fingerprint density at radius 3 is 2.73 bits per heavy atom. The highest BCUT2D eigenvalue weighted by Gasteiger charge is 2.20. The molecule has 1 aliphatic carbocycles.